The number of hydrogen-bond donors (Lipinski definition) is 1. The van der Waals surface area contributed by atoms with E-state index in [1.807, 2.05) is 191 Å². The maximum atomic E-state index is 15.6. The van der Waals surface area contributed by atoms with Gasteiger partial charge in [-0.3, -0.25) is 81.7 Å². The first-order valence-electron chi connectivity index (χ1n) is 42.7. The van der Waals surface area contributed by atoms with Crippen molar-refractivity contribution in [2.45, 2.75) is 201 Å². The first-order chi connectivity index (χ1) is 57.6. The highest BCUT2D eigenvalue weighted by Gasteiger charge is 2.47. The molecule has 120 heavy (non-hydrogen) atoms. The van der Waals surface area contributed by atoms with Crippen molar-refractivity contribution in [2.24, 2.45) is 0 Å². The molecule has 0 bridgehead atoms. The third kappa shape index (κ3) is 33.1. The minimum atomic E-state index is -1.29. The summed E-state index contributed by atoms with van der Waals surface area (Å²) in [5.41, 5.74) is -1.77. The second kappa shape index (κ2) is 52.6. The Kier molecular flexibility index (Phi) is 44.3. The van der Waals surface area contributed by atoms with Crippen molar-refractivity contribution in [1.29, 1.82) is 0 Å². The highest BCUT2D eigenvalue weighted by atomic mass is 16.6. The number of nitrogens with one attached hydrogen (secondary N) is 1. The van der Waals surface area contributed by atoms with Gasteiger partial charge in [-0.05, 0) is 80.0 Å². The number of benzene rings is 4. The summed E-state index contributed by atoms with van der Waals surface area (Å²) < 4.78 is 40.4. The molecule has 0 aromatic heterocycles. The fourth-order valence-corrected chi connectivity index (χ4v) is 15.7. The molecule has 0 spiro atoms. The molecule has 0 radical (unpaired) electrons. The molecule has 1 saturated heterocycles. The summed E-state index contributed by atoms with van der Waals surface area (Å²) in [6, 6.07) is 37.7. The van der Waals surface area contributed by atoms with Crippen LogP contribution in [-0.4, -0.2) is 302 Å². The number of carbonyl (C=O) groups is 12. The van der Waals surface area contributed by atoms with Crippen LogP contribution in [-0.2, 0) is 117 Å². The minimum Gasteiger partial charge on any atom is -0.463 e. The van der Waals surface area contributed by atoms with E-state index in [0.29, 0.717) is 57.8 Å². The Labute approximate surface area is 711 Å². The standard InChI is InChI=1S/C91H136N10O19/c1-13-87(14-2,67-117-75(9)106)92-83(110)42-44-93(48-51-98(71-102)88(15-3,16-4)68-118-76(10)107)54-57-101(74-105,58-55-94(49-52-99(72-103)89(17-5,18-6)69-119-77(11)108)50-53-100(73-104)90(19-7,20-8)70-120-78(12)109)56-43-91(97(45-41-79-33-25-21-26-34-79)61-86(113)116-64-82-39-31-24-32-40-82)65-95(59-84(111)114-62-80-35-27-22-28-36-80)46-47-96(66-91)60-85(112)115-63-81-37-29-23-30-38-81/h21-40,71-74H,13-20,41-70H2,1-12H3/p+1. The number of rotatable bonds is 61. The van der Waals surface area contributed by atoms with Crippen molar-refractivity contribution >= 4 is 73.3 Å². The van der Waals surface area contributed by atoms with E-state index in [0.717, 1.165) is 47.9 Å². The number of ether oxygens (including phenoxy) is 7. The van der Waals surface area contributed by atoms with Crippen molar-refractivity contribution in [3.8, 4) is 0 Å². The number of amides is 5. The monoisotopic (exact) mass is 1670 g/mol. The topological polar surface area (TPSA) is 307 Å². The summed E-state index contributed by atoms with van der Waals surface area (Å²) in [4.78, 5) is 180. The maximum absolute atomic E-state index is 15.6. The first kappa shape index (κ1) is 101. The van der Waals surface area contributed by atoms with Gasteiger partial charge in [0.2, 0.25) is 25.1 Å². The Hall–Kier alpha value is -9.52. The van der Waals surface area contributed by atoms with Crippen LogP contribution in [0.1, 0.15) is 170 Å². The van der Waals surface area contributed by atoms with Crippen LogP contribution in [0.4, 0.5) is 0 Å². The van der Waals surface area contributed by atoms with E-state index in [9.17, 15) is 47.9 Å². The van der Waals surface area contributed by atoms with Crippen LogP contribution in [0, 0.1) is 0 Å². The van der Waals surface area contributed by atoms with E-state index >= 15 is 9.59 Å². The van der Waals surface area contributed by atoms with Crippen molar-refractivity contribution < 1.29 is 95.2 Å². The van der Waals surface area contributed by atoms with E-state index in [-0.39, 0.29) is 200 Å². The second-order valence-electron chi connectivity index (χ2n) is 31.8. The number of carbonyl (C=O) groups excluding carboxylic acids is 12. The second-order valence-corrected chi connectivity index (χ2v) is 31.8. The van der Waals surface area contributed by atoms with E-state index in [1.165, 1.54) is 27.7 Å². The predicted octanol–water partition coefficient (Wildman–Crippen LogP) is 8.45. The van der Waals surface area contributed by atoms with E-state index in [2.05, 4.69) is 15.1 Å². The number of nitrogens with zero attached hydrogens (tertiary/aromatic N) is 9. The van der Waals surface area contributed by atoms with Gasteiger partial charge in [-0.15, -0.1) is 0 Å². The largest absolute Gasteiger partial charge is 0.463 e. The van der Waals surface area contributed by atoms with Gasteiger partial charge in [0.25, 0.3) is 0 Å². The fourth-order valence-electron chi connectivity index (χ4n) is 15.7. The lowest BCUT2D eigenvalue weighted by atomic mass is 9.89. The third-order valence-electron chi connectivity index (χ3n) is 24.4. The summed E-state index contributed by atoms with van der Waals surface area (Å²) in [7, 11) is 0. The zero-order chi connectivity index (χ0) is 88.0. The summed E-state index contributed by atoms with van der Waals surface area (Å²) >= 11 is 0. The van der Waals surface area contributed by atoms with Crippen LogP contribution in [0.5, 0.6) is 0 Å². The number of quaternary nitrogens is 1. The maximum Gasteiger partial charge on any atom is 0.320 e. The molecule has 1 aliphatic rings. The lowest BCUT2D eigenvalue weighted by Crippen LogP contribution is -2.64. The van der Waals surface area contributed by atoms with Crippen molar-refractivity contribution in [1.82, 2.24) is 44.5 Å². The van der Waals surface area contributed by atoms with Gasteiger partial charge in [-0.2, -0.15) is 0 Å². The number of hydrogen-bond acceptors (Lipinski definition) is 24. The van der Waals surface area contributed by atoms with Crippen LogP contribution in [0.15, 0.2) is 121 Å². The Bertz CT molecular complexity index is 3640. The molecule has 0 aliphatic carbocycles. The minimum absolute atomic E-state index is 0.00368. The van der Waals surface area contributed by atoms with Gasteiger partial charge in [-0.25, -0.2) is 4.79 Å². The van der Waals surface area contributed by atoms with E-state index < -0.39 is 69.5 Å². The lowest BCUT2D eigenvalue weighted by Gasteiger charge is -2.48. The summed E-state index contributed by atoms with van der Waals surface area (Å²) in [5, 5.41) is 3.17. The van der Waals surface area contributed by atoms with Crippen LogP contribution in [0.3, 0.4) is 0 Å². The highest BCUT2D eigenvalue weighted by Crippen LogP contribution is 2.32. The average molecular weight is 1680 g/mol. The molecule has 29 heteroatoms. The van der Waals surface area contributed by atoms with Crippen LogP contribution < -0.4 is 5.32 Å². The molecule has 1 atom stereocenters. The molecule has 664 valence electrons. The molecule has 5 amide bonds. The molecule has 1 fully saturated rings. The van der Waals surface area contributed by atoms with E-state index in [1.54, 1.807) is 14.7 Å². The van der Waals surface area contributed by atoms with Crippen LogP contribution in [0.25, 0.3) is 0 Å². The third-order valence-corrected chi connectivity index (χ3v) is 24.4. The molecule has 0 saturated carbocycles. The van der Waals surface area contributed by atoms with E-state index in [4.69, 9.17) is 33.2 Å². The molecule has 5 rings (SSSR count). The smallest absolute Gasteiger partial charge is 0.320 e. The summed E-state index contributed by atoms with van der Waals surface area (Å²) in [5.74, 6) is -4.06. The van der Waals surface area contributed by atoms with Gasteiger partial charge in [0.05, 0.1) is 67.0 Å². The Morgan fingerprint density at radius 2 is 0.750 bits per heavy atom. The Morgan fingerprint density at radius 1 is 0.408 bits per heavy atom. The normalized spacial score (nSPS) is 13.9. The highest BCUT2D eigenvalue weighted by molar-refractivity contribution is 5.77. The molecule has 1 aliphatic heterocycles. The molecular weight excluding hydrogens is 1540 g/mol. The molecule has 4 aromatic carbocycles. The predicted molar refractivity (Wildman–Crippen MR) is 455 cm³/mol. The molecule has 29 nitrogen and oxygen atoms in total. The first-order valence-corrected chi connectivity index (χ1v) is 42.7. The number of esters is 7. The average Bonchev–Trinajstić information content (AvgIpc) is 1.46. The quantitative estimate of drug-likeness (QED) is 0.0187. The molecule has 1 unspecified atom stereocenters. The molecule has 1 N–H and O–H groups in total. The van der Waals surface area contributed by atoms with Crippen LogP contribution >= 0.6 is 0 Å². The van der Waals surface area contributed by atoms with Crippen molar-refractivity contribution in [3.63, 3.8) is 0 Å². The summed E-state index contributed by atoms with van der Waals surface area (Å²) in [6.45, 7) is 21.3. The van der Waals surface area contributed by atoms with Gasteiger partial charge < -0.3 is 53.2 Å². The fraction of sp³-hybridized carbons (Fsp3) is 0.604. The zero-order valence-electron chi connectivity index (χ0n) is 73.5. The molecular formula is C91H137N10O19+. The van der Waals surface area contributed by atoms with Gasteiger partial charge in [0.15, 0.2) is 0 Å². The van der Waals surface area contributed by atoms with Crippen molar-refractivity contribution in [2.75, 3.05) is 157 Å². The zero-order valence-corrected chi connectivity index (χ0v) is 73.5. The van der Waals surface area contributed by atoms with Gasteiger partial charge in [0, 0.05) is 132 Å². The van der Waals surface area contributed by atoms with Gasteiger partial charge >= 0.3 is 48.2 Å². The van der Waals surface area contributed by atoms with Gasteiger partial charge in [-0.1, -0.05) is 177 Å². The van der Waals surface area contributed by atoms with Crippen LogP contribution in [0.2, 0.25) is 0 Å². The van der Waals surface area contributed by atoms with Crippen molar-refractivity contribution in [3.05, 3.63) is 144 Å². The Balaban J connectivity index is 1.85. The Morgan fingerprint density at radius 3 is 1.08 bits per heavy atom. The lowest BCUT2D eigenvalue weighted by molar-refractivity contribution is -0.846. The SMILES string of the molecule is CCC(CC)(COC(C)=O)NC(=O)CCN(CCN(C=O)C(CC)(CC)COC(C)=O)CC[N+](C=O)(CCN(CCN(C=O)C(CC)(CC)COC(C)=O)CCN(C=O)C(CC)(CC)COC(C)=O)CCC1(N(CCc2ccccc2)CC(=O)OCc2ccccc2)CN(CC(=O)OCc2ccccc2)CCN(CC(=O)OCc2ccccc2)C1. The van der Waals surface area contributed by atoms with Gasteiger partial charge in [0.1, 0.15) is 46.2 Å². The molecule has 1 heterocycles. The summed E-state index contributed by atoms with van der Waals surface area (Å²) in [6.07, 6.45) is 6.87. The molecule has 4 aromatic rings.